The van der Waals surface area contributed by atoms with Crippen molar-refractivity contribution in [2.75, 3.05) is 18.1 Å². The second-order valence-electron chi connectivity index (χ2n) is 7.24. The number of ether oxygens (including phenoxy) is 1. The maximum absolute atomic E-state index is 11.9. The minimum absolute atomic E-state index is 0.103. The number of hydrogen-bond acceptors (Lipinski definition) is 7. The highest BCUT2D eigenvalue weighted by atomic mass is 35.5. The van der Waals surface area contributed by atoms with Crippen molar-refractivity contribution >= 4 is 80.5 Å². The number of thioether (sulfide) groups is 2. The molecule has 0 saturated heterocycles. The largest absolute Gasteiger partial charge is 0.476 e. The molecule has 0 bridgehead atoms. The van der Waals surface area contributed by atoms with E-state index in [-0.39, 0.29) is 11.7 Å². The Hall–Kier alpha value is -2.52. The number of carbonyl (C=O) groups excluding carboxylic acids is 1. The molecule has 6 nitrogen and oxygen atoms in total. The lowest BCUT2D eigenvalue weighted by atomic mass is 10.2. The molecule has 1 N–H and O–H groups in total. The summed E-state index contributed by atoms with van der Waals surface area (Å²) in [5.74, 6) is 0.280. The van der Waals surface area contributed by atoms with Gasteiger partial charge in [-0.25, -0.2) is 19.6 Å². The summed E-state index contributed by atoms with van der Waals surface area (Å²) in [5.41, 5.74) is 1.87. The van der Waals surface area contributed by atoms with E-state index in [1.54, 1.807) is 49.0 Å². The van der Waals surface area contributed by atoms with Gasteiger partial charge < -0.3 is 9.84 Å². The summed E-state index contributed by atoms with van der Waals surface area (Å²) in [6, 6.07) is 14.4. The van der Waals surface area contributed by atoms with E-state index in [1.807, 2.05) is 32.0 Å². The SMILES string of the molecule is CCOC(=O)c1nc2ccc(Cl)cc2cc1SCC.CCSc1cc2cc(Cl)ccc2nc1C(=O)O. The van der Waals surface area contributed by atoms with Crippen LogP contribution in [-0.2, 0) is 4.74 Å². The van der Waals surface area contributed by atoms with Crippen LogP contribution in [0.15, 0.2) is 58.3 Å². The molecule has 2 heterocycles. The van der Waals surface area contributed by atoms with E-state index in [4.69, 9.17) is 33.0 Å². The molecule has 0 saturated carbocycles. The van der Waals surface area contributed by atoms with Gasteiger partial charge in [0.25, 0.3) is 0 Å². The van der Waals surface area contributed by atoms with Gasteiger partial charge in [0, 0.05) is 30.6 Å². The number of pyridine rings is 2. The molecule has 2 aromatic heterocycles. The number of nitrogens with zero attached hydrogens (tertiary/aromatic N) is 2. The van der Waals surface area contributed by atoms with Crippen molar-refractivity contribution < 1.29 is 19.4 Å². The van der Waals surface area contributed by atoms with Crippen LogP contribution in [0.5, 0.6) is 0 Å². The number of carboxylic acids is 1. The Morgan fingerprint density at radius 1 is 0.806 bits per heavy atom. The zero-order valence-corrected chi connectivity index (χ0v) is 23.0. The van der Waals surface area contributed by atoms with Gasteiger partial charge in [-0.05, 0) is 67.0 Å². The third-order valence-electron chi connectivity index (χ3n) is 4.75. The molecule has 2 aromatic carbocycles. The minimum atomic E-state index is -1.00. The van der Waals surface area contributed by atoms with Crippen molar-refractivity contribution in [2.24, 2.45) is 0 Å². The van der Waals surface area contributed by atoms with Gasteiger partial charge in [0.2, 0.25) is 0 Å². The van der Waals surface area contributed by atoms with Gasteiger partial charge in [-0.3, -0.25) is 0 Å². The summed E-state index contributed by atoms with van der Waals surface area (Å²) in [7, 11) is 0. The Balaban J connectivity index is 0.000000202. The zero-order valence-electron chi connectivity index (χ0n) is 19.9. The van der Waals surface area contributed by atoms with E-state index in [9.17, 15) is 9.59 Å². The summed E-state index contributed by atoms with van der Waals surface area (Å²) in [4.78, 5) is 33.1. The summed E-state index contributed by atoms with van der Waals surface area (Å²) >= 11 is 14.9. The molecule has 0 aliphatic heterocycles. The molecule has 0 atom stereocenters. The van der Waals surface area contributed by atoms with Gasteiger partial charge in [0.05, 0.1) is 17.6 Å². The first kappa shape index (κ1) is 28.1. The topological polar surface area (TPSA) is 89.4 Å². The highest BCUT2D eigenvalue weighted by Crippen LogP contribution is 2.29. The smallest absolute Gasteiger partial charge is 0.358 e. The average Bonchev–Trinajstić information content (AvgIpc) is 2.84. The van der Waals surface area contributed by atoms with E-state index in [0.29, 0.717) is 32.8 Å². The molecule has 10 heteroatoms. The Morgan fingerprint density at radius 2 is 1.28 bits per heavy atom. The van der Waals surface area contributed by atoms with Crippen LogP contribution in [0.2, 0.25) is 10.0 Å². The third kappa shape index (κ3) is 7.03. The van der Waals surface area contributed by atoms with E-state index < -0.39 is 5.97 Å². The van der Waals surface area contributed by atoms with Crippen molar-refractivity contribution in [3.63, 3.8) is 0 Å². The molecular formula is C26H24Cl2N2O4S2. The number of rotatable bonds is 7. The Kier molecular flexibility index (Phi) is 10.2. The molecule has 0 unspecified atom stereocenters. The second kappa shape index (κ2) is 13.1. The number of carboxylic acid groups (broad SMARTS) is 1. The molecule has 0 spiro atoms. The Bertz CT molecular complexity index is 1420. The van der Waals surface area contributed by atoms with Crippen LogP contribution >= 0.6 is 46.7 Å². The maximum atomic E-state index is 11.9. The zero-order chi connectivity index (χ0) is 26.2. The number of aromatic carboxylic acids is 1. The highest BCUT2D eigenvalue weighted by Gasteiger charge is 2.16. The van der Waals surface area contributed by atoms with Gasteiger partial charge in [0.15, 0.2) is 11.4 Å². The molecule has 36 heavy (non-hydrogen) atoms. The predicted octanol–water partition coefficient (Wildman–Crippen LogP) is 7.88. The van der Waals surface area contributed by atoms with Gasteiger partial charge in [-0.15, -0.1) is 23.5 Å². The first-order valence-electron chi connectivity index (χ1n) is 11.1. The quantitative estimate of drug-likeness (QED) is 0.179. The number of esters is 1. The van der Waals surface area contributed by atoms with Crippen molar-refractivity contribution in [1.29, 1.82) is 0 Å². The Labute approximate surface area is 227 Å². The van der Waals surface area contributed by atoms with Crippen LogP contribution in [0.1, 0.15) is 41.7 Å². The van der Waals surface area contributed by atoms with Gasteiger partial charge in [-0.2, -0.15) is 0 Å². The fraction of sp³-hybridized carbons (Fsp3) is 0.231. The summed E-state index contributed by atoms with van der Waals surface area (Å²) < 4.78 is 5.05. The number of halogens is 2. The fourth-order valence-corrected chi connectivity index (χ4v) is 5.22. The normalized spacial score (nSPS) is 10.7. The molecule has 4 aromatic rings. The van der Waals surface area contributed by atoms with Crippen molar-refractivity contribution in [3.8, 4) is 0 Å². The average molecular weight is 564 g/mol. The van der Waals surface area contributed by atoms with Crippen LogP contribution in [0.25, 0.3) is 21.8 Å². The Morgan fingerprint density at radius 3 is 1.72 bits per heavy atom. The monoisotopic (exact) mass is 562 g/mol. The molecule has 188 valence electrons. The summed E-state index contributed by atoms with van der Waals surface area (Å²) in [5, 5.41) is 12.2. The standard InChI is InChI=1S/C14H14ClNO2S.C12H10ClNO2S/c1-3-18-14(17)13-12(19-4-2)8-9-7-10(15)5-6-11(9)16-13;1-2-17-10-6-7-5-8(13)3-4-9(7)14-11(10)12(15)16/h5-8H,3-4H2,1-2H3;3-6H,2H2,1H3,(H,15,16). The van der Waals surface area contributed by atoms with E-state index in [0.717, 1.165) is 32.7 Å². The van der Waals surface area contributed by atoms with Crippen molar-refractivity contribution in [1.82, 2.24) is 9.97 Å². The molecule has 0 amide bonds. The van der Waals surface area contributed by atoms with Crippen LogP contribution in [0.4, 0.5) is 0 Å². The van der Waals surface area contributed by atoms with Crippen LogP contribution < -0.4 is 0 Å². The molecular weight excluding hydrogens is 539 g/mol. The number of fused-ring (bicyclic) bond motifs is 2. The van der Waals surface area contributed by atoms with Gasteiger partial charge >= 0.3 is 11.9 Å². The third-order valence-corrected chi connectivity index (χ3v) is 7.05. The molecule has 0 aliphatic rings. The van der Waals surface area contributed by atoms with E-state index >= 15 is 0 Å². The number of carbonyl (C=O) groups is 2. The maximum Gasteiger partial charge on any atom is 0.358 e. The highest BCUT2D eigenvalue weighted by molar-refractivity contribution is 7.99. The minimum Gasteiger partial charge on any atom is -0.476 e. The van der Waals surface area contributed by atoms with E-state index in [1.165, 1.54) is 11.8 Å². The summed E-state index contributed by atoms with van der Waals surface area (Å²) in [6.45, 7) is 6.13. The summed E-state index contributed by atoms with van der Waals surface area (Å²) in [6.07, 6.45) is 0. The van der Waals surface area contributed by atoms with Crippen LogP contribution in [0.3, 0.4) is 0 Å². The first-order chi connectivity index (χ1) is 17.3. The first-order valence-corrected chi connectivity index (χ1v) is 13.9. The molecule has 0 aliphatic carbocycles. The number of benzene rings is 2. The molecule has 0 radical (unpaired) electrons. The lowest BCUT2D eigenvalue weighted by Gasteiger charge is -2.09. The number of hydrogen-bond donors (Lipinski definition) is 1. The van der Waals surface area contributed by atoms with E-state index in [2.05, 4.69) is 9.97 Å². The van der Waals surface area contributed by atoms with Crippen LogP contribution in [-0.4, -0.2) is 45.1 Å². The molecule has 0 fully saturated rings. The fourth-order valence-electron chi connectivity index (χ4n) is 3.29. The lowest BCUT2D eigenvalue weighted by molar-refractivity contribution is 0.0515. The van der Waals surface area contributed by atoms with Gasteiger partial charge in [0.1, 0.15) is 0 Å². The predicted molar refractivity (Wildman–Crippen MR) is 149 cm³/mol. The lowest BCUT2D eigenvalue weighted by Crippen LogP contribution is -2.09. The number of aromatic nitrogens is 2. The van der Waals surface area contributed by atoms with Crippen molar-refractivity contribution in [3.05, 3.63) is 70.0 Å². The molecule has 4 rings (SSSR count). The van der Waals surface area contributed by atoms with Crippen molar-refractivity contribution in [2.45, 2.75) is 30.6 Å². The second-order valence-corrected chi connectivity index (χ2v) is 10.7. The van der Waals surface area contributed by atoms with Gasteiger partial charge in [-0.1, -0.05) is 37.0 Å². The van der Waals surface area contributed by atoms with Crippen LogP contribution in [0, 0.1) is 0 Å².